The van der Waals surface area contributed by atoms with Crippen molar-refractivity contribution in [3.05, 3.63) is 39.9 Å². The van der Waals surface area contributed by atoms with E-state index in [1.807, 2.05) is 13.8 Å². The number of nitrogens with zero attached hydrogens (tertiary/aromatic N) is 1. The monoisotopic (exact) mass is 236 g/mol. The first-order valence-corrected chi connectivity index (χ1v) is 5.60. The van der Waals surface area contributed by atoms with Crippen molar-refractivity contribution in [1.82, 2.24) is 5.32 Å². The third-order valence-corrected chi connectivity index (χ3v) is 2.42. The van der Waals surface area contributed by atoms with Crippen LogP contribution in [0.3, 0.4) is 0 Å². The predicted octanol–water partition coefficient (Wildman–Crippen LogP) is 2.51. The van der Waals surface area contributed by atoms with Gasteiger partial charge in [0.05, 0.1) is 4.92 Å². The van der Waals surface area contributed by atoms with Crippen LogP contribution in [0.5, 0.6) is 0 Å². The van der Waals surface area contributed by atoms with Crippen LogP contribution in [-0.4, -0.2) is 16.9 Å². The summed E-state index contributed by atoms with van der Waals surface area (Å²) in [6.45, 7) is 3.95. The molecule has 0 bridgehead atoms. The molecular weight excluding hydrogens is 220 g/mol. The molecule has 0 spiro atoms. The van der Waals surface area contributed by atoms with E-state index < -0.39 is 4.92 Å². The summed E-state index contributed by atoms with van der Waals surface area (Å²) in [6, 6.07) is 5.81. The molecule has 0 radical (unpaired) electrons. The van der Waals surface area contributed by atoms with Gasteiger partial charge in [-0.3, -0.25) is 14.9 Å². The normalized spacial score (nSPS) is 11.9. The fraction of sp³-hybridized carbons (Fsp3) is 0.417. The molecule has 92 valence electrons. The van der Waals surface area contributed by atoms with Crippen molar-refractivity contribution in [2.45, 2.75) is 32.7 Å². The van der Waals surface area contributed by atoms with E-state index in [0.717, 1.165) is 12.8 Å². The highest BCUT2D eigenvalue weighted by Crippen LogP contribution is 2.13. The van der Waals surface area contributed by atoms with Crippen molar-refractivity contribution in [2.24, 2.45) is 0 Å². The first kappa shape index (κ1) is 13.2. The average molecular weight is 236 g/mol. The lowest BCUT2D eigenvalue weighted by Gasteiger charge is -2.12. The SMILES string of the molecule is CCC[C@H](C)NC(=O)c1cccc([N+](=O)[O-])c1. The Kier molecular flexibility index (Phi) is 4.63. The predicted molar refractivity (Wildman–Crippen MR) is 64.9 cm³/mol. The van der Waals surface area contributed by atoms with Crippen LogP contribution >= 0.6 is 0 Å². The number of carbonyl (C=O) groups is 1. The number of hydrogen-bond acceptors (Lipinski definition) is 3. The minimum Gasteiger partial charge on any atom is -0.350 e. The highest BCUT2D eigenvalue weighted by Gasteiger charge is 2.12. The zero-order chi connectivity index (χ0) is 12.8. The van der Waals surface area contributed by atoms with E-state index in [-0.39, 0.29) is 17.6 Å². The lowest BCUT2D eigenvalue weighted by atomic mass is 10.1. The van der Waals surface area contributed by atoms with Crippen molar-refractivity contribution in [3.8, 4) is 0 Å². The summed E-state index contributed by atoms with van der Waals surface area (Å²) in [5, 5.41) is 13.4. The van der Waals surface area contributed by atoms with Crippen molar-refractivity contribution < 1.29 is 9.72 Å². The second-order valence-corrected chi connectivity index (χ2v) is 3.97. The molecule has 0 aliphatic rings. The largest absolute Gasteiger partial charge is 0.350 e. The summed E-state index contributed by atoms with van der Waals surface area (Å²) in [5.41, 5.74) is 0.253. The standard InChI is InChI=1S/C12H16N2O3/c1-3-5-9(2)13-12(15)10-6-4-7-11(8-10)14(16)17/h4,6-9H,3,5H2,1-2H3,(H,13,15)/t9-/m0/s1. The van der Waals surface area contributed by atoms with E-state index in [1.54, 1.807) is 6.07 Å². The molecule has 0 fully saturated rings. The van der Waals surface area contributed by atoms with Crippen LogP contribution < -0.4 is 5.32 Å². The van der Waals surface area contributed by atoms with Crippen LogP contribution in [0.4, 0.5) is 5.69 Å². The van der Waals surface area contributed by atoms with Gasteiger partial charge in [0, 0.05) is 23.7 Å². The van der Waals surface area contributed by atoms with Gasteiger partial charge in [-0.05, 0) is 19.4 Å². The van der Waals surface area contributed by atoms with E-state index in [4.69, 9.17) is 0 Å². The Balaban J connectivity index is 2.75. The minimum absolute atomic E-state index is 0.0687. The molecule has 0 saturated carbocycles. The van der Waals surface area contributed by atoms with E-state index in [2.05, 4.69) is 5.32 Å². The zero-order valence-electron chi connectivity index (χ0n) is 9.97. The number of nitro groups is 1. The molecule has 0 aromatic heterocycles. The number of carbonyl (C=O) groups excluding carboxylic acids is 1. The summed E-state index contributed by atoms with van der Waals surface area (Å²) in [7, 11) is 0. The molecule has 1 atom stereocenters. The molecular formula is C12H16N2O3. The van der Waals surface area contributed by atoms with Crippen LogP contribution in [0.15, 0.2) is 24.3 Å². The van der Waals surface area contributed by atoms with Gasteiger partial charge in [0.15, 0.2) is 0 Å². The minimum atomic E-state index is -0.508. The molecule has 17 heavy (non-hydrogen) atoms. The maximum Gasteiger partial charge on any atom is 0.270 e. The van der Waals surface area contributed by atoms with Crippen LogP contribution in [0, 0.1) is 10.1 Å². The molecule has 0 heterocycles. The molecule has 1 rings (SSSR count). The van der Waals surface area contributed by atoms with Crippen molar-refractivity contribution in [2.75, 3.05) is 0 Å². The Bertz CT molecular complexity index is 418. The van der Waals surface area contributed by atoms with Gasteiger partial charge >= 0.3 is 0 Å². The van der Waals surface area contributed by atoms with Gasteiger partial charge in [-0.2, -0.15) is 0 Å². The van der Waals surface area contributed by atoms with Gasteiger partial charge in [0.25, 0.3) is 11.6 Å². The molecule has 1 amide bonds. The van der Waals surface area contributed by atoms with E-state index >= 15 is 0 Å². The Morgan fingerprint density at radius 2 is 2.24 bits per heavy atom. The van der Waals surface area contributed by atoms with Gasteiger partial charge in [-0.25, -0.2) is 0 Å². The first-order valence-electron chi connectivity index (χ1n) is 5.60. The highest BCUT2D eigenvalue weighted by atomic mass is 16.6. The summed E-state index contributed by atoms with van der Waals surface area (Å²) in [4.78, 5) is 21.8. The van der Waals surface area contributed by atoms with Gasteiger partial charge in [-0.15, -0.1) is 0 Å². The lowest BCUT2D eigenvalue weighted by Crippen LogP contribution is -2.32. The van der Waals surface area contributed by atoms with Crippen LogP contribution in [0.2, 0.25) is 0 Å². The molecule has 0 unspecified atom stereocenters. The highest BCUT2D eigenvalue weighted by molar-refractivity contribution is 5.94. The van der Waals surface area contributed by atoms with E-state index in [1.165, 1.54) is 18.2 Å². The average Bonchev–Trinajstić information content (AvgIpc) is 2.29. The number of hydrogen-bond donors (Lipinski definition) is 1. The summed E-state index contributed by atoms with van der Waals surface area (Å²) in [5.74, 6) is -0.269. The maximum atomic E-state index is 11.8. The number of nitrogens with one attached hydrogen (secondary N) is 1. The van der Waals surface area contributed by atoms with Gasteiger partial charge in [0.2, 0.25) is 0 Å². The second-order valence-electron chi connectivity index (χ2n) is 3.97. The quantitative estimate of drug-likeness (QED) is 0.630. The fourth-order valence-electron chi connectivity index (χ4n) is 1.57. The van der Waals surface area contributed by atoms with Gasteiger partial charge in [0.1, 0.15) is 0 Å². The van der Waals surface area contributed by atoms with E-state index in [0.29, 0.717) is 5.56 Å². The number of benzene rings is 1. The van der Waals surface area contributed by atoms with Crippen molar-refractivity contribution in [1.29, 1.82) is 0 Å². The summed E-state index contributed by atoms with van der Waals surface area (Å²) >= 11 is 0. The molecule has 5 heteroatoms. The summed E-state index contributed by atoms with van der Waals surface area (Å²) < 4.78 is 0. The Labute approximate surface area is 100.0 Å². The molecule has 0 aliphatic carbocycles. The van der Waals surface area contributed by atoms with Crippen molar-refractivity contribution >= 4 is 11.6 Å². The van der Waals surface area contributed by atoms with Crippen molar-refractivity contribution in [3.63, 3.8) is 0 Å². The first-order chi connectivity index (χ1) is 8.04. The van der Waals surface area contributed by atoms with E-state index in [9.17, 15) is 14.9 Å². The molecule has 5 nitrogen and oxygen atoms in total. The Morgan fingerprint density at radius 3 is 2.82 bits per heavy atom. The van der Waals surface area contributed by atoms with Gasteiger partial charge in [-0.1, -0.05) is 19.4 Å². The number of non-ortho nitro benzene ring substituents is 1. The smallest absolute Gasteiger partial charge is 0.270 e. The molecule has 1 aromatic carbocycles. The Hall–Kier alpha value is -1.91. The molecule has 1 N–H and O–H groups in total. The fourth-order valence-corrected chi connectivity index (χ4v) is 1.57. The van der Waals surface area contributed by atoms with Gasteiger partial charge < -0.3 is 5.32 Å². The zero-order valence-corrected chi connectivity index (χ0v) is 9.97. The molecule has 0 saturated heterocycles. The van der Waals surface area contributed by atoms with Crippen LogP contribution in [-0.2, 0) is 0 Å². The number of nitro benzene ring substituents is 1. The molecule has 1 aromatic rings. The topological polar surface area (TPSA) is 72.2 Å². The molecule has 0 aliphatic heterocycles. The second kappa shape index (κ2) is 5.98. The van der Waals surface area contributed by atoms with Crippen LogP contribution in [0.1, 0.15) is 37.0 Å². The summed E-state index contributed by atoms with van der Waals surface area (Å²) in [6.07, 6.45) is 1.87. The number of amides is 1. The number of rotatable bonds is 5. The maximum absolute atomic E-state index is 11.8. The third kappa shape index (κ3) is 3.86. The Morgan fingerprint density at radius 1 is 1.53 bits per heavy atom. The lowest BCUT2D eigenvalue weighted by molar-refractivity contribution is -0.384. The third-order valence-electron chi connectivity index (χ3n) is 2.42. The van der Waals surface area contributed by atoms with Crippen LogP contribution in [0.25, 0.3) is 0 Å².